The molecule has 1 aromatic rings. The zero-order valence-electron chi connectivity index (χ0n) is 13.7. The van der Waals surface area contributed by atoms with E-state index in [-0.39, 0.29) is 12.1 Å². The summed E-state index contributed by atoms with van der Waals surface area (Å²) in [7, 11) is 0. The summed E-state index contributed by atoms with van der Waals surface area (Å²) in [6.45, 7) is 8.48. The number of amides is 2. The Bertz CT molecular complexity index is 493. The number of urea groups is 1. The van der Waals surface area contributed by atoms with E-state index in [9.17, 15) is 4.79 Å². The number of hydrogen-bond acceptors (Lipinski definition) is 3. The second-order valence-corrected chi connectivity index (χ2v) is 7.49. The maximum absolute atomic E-state index is 12.4. The molecule has 0 unspecified atom stereocenters. The van der Waals surface area contributed by atoms with Crippen LogP contribution in [0.4, 0.5) is 10.5 Å². The van der Waals surface area contributed by atoms with Crippen LogP contribution in [0.2, 0.25) is 0 Å². The maximum atomic E-state index is 12.4. The third-order valence-electron chi connectivity index (χ3n) is 3.62. The van der Waals surface area contributed by atoms with Crippen molar-refractivity contribution in [1.82, 2.24) is 4.90 Å². The predicted molar refractivity (Wildman–Crippen MR) is 93.5 cm³/mol. The number of benzene rings is 1. The van der Waals surface area contributed by atoms with Gasteiger partial charge in [0.1, 0.15) is 0 Å². The number of nitrogens with one attached hydrogen (secondary N) is 1. The minimum absolute atomic E-state index is 0.00312. The first kappa shape index (κ1) is 17.2. The standard InChI is InChI=1S/C17H26N2O2S/c1-13(2)21-12-15-5-4-6-16(11-15)18-17(20)19-8-7-14(3)22-10-9-19/h4-6,11,13-14H,7-10,12H2,1-3H3,(H,18,20)/t14-/m0/s1. The lowest BCUT2D eigenvalue weighted by molar-refractivity contribution is 0.0657. The molecule has 1 fully saturated rings. The number of carbonyl (C=O) groups excluding carboxylic acids is 1. The van der Waals surface area contributed by atoms with Gasteiger partial charge in [0.25, 0.3) is 0 Å². The first-order valence-corrected chi connectivity index (χ1v) is 8.97. The molecule has 1 atom stereocenters. The number of thioether (sulfide) groups is 1. The molecular formula is C17H26N2O2S. The molecule has 0 aromatic heterocycles. The van der Waals surface area contributed by atoms with E-state index in [4.69, 9.17) is 4.74 Å². The highest BCUT2D eigenvalue weighted by Gasteiger charge is 2.18. The predicted octanol–water partition coefficient (Wildman–Crippen LogP) is 3.97. The number of ether oxygens (including phenoxy) is 1. The number of carbonyl (C=O) groups is 1. The van der Waals surface area contributed by atoms with Crippen molar-refractivity contribution in [2.75, 3.05) is 24.2 Å². The molecule has 0 bridgehead atoms. The molecule has 122 valence electrons. The van der Waals surface area contributed by atoms with E-state index in [1.54, 1.807) is 0 Å². The van der Waals surface area contributed by atoms with Crippen molar-refractivity contribution < 1.29 is 9.53 Å². The SMILES string of the molecule is CC(C)OCc1cccc(NC(=O)N2CCS[C@@H](C)CC2)c1. The highest BCUT2D eigenvalue weighted by atomic mass is 32.2. The van der Waals surface area contributed by atoms with Crippen molar-refractivity contribution in [3.8, 4) is 0 Å². The van der Waals surface area contributed by atoms with Gasteiger partial charge in [-0.3, -0.25) is 0 Å². The molecule has 22 heavy (non-hydrogen) atoms. The smallest absolute Gasteiger partial charge is 0.321 e. The zero-order valence-corrected chi connectivity index (χ0v) is 14.5. The van der Waals surface area contributed by atoms with Gasteiger partial charge in [0.15, 0.2) is 0 Å². The van der Waals surface area contributed by atoms with Crippen molar-refractivity contribution in [3.63, 3.8) is 0 Å². The minimum atomic E-state index is -0.00312. The summed E-state index contributed by atoms with van der Waals surface area (Å²) in [5.74, 6) is 1.01. The molecule has 1 aliphatic rings. The van der Waals surface area contributed by atoms with Gasteiger partial charge in [-0.2, -0.15) is 11.8 Å². The fraction of sp³-hybridized carbons (Fsp3) is 0.588. The van der Waals surface area contributed by atoms with Crippen molar-refractivity contribution in [2.24, 2.45) is 0 Å². The van der Waals surface area contributed by atoms with Crippen molar-refractivity contribution in [2.45, 2.75) is 45.2 Å². The quantitative estimate of drug-likeness (QED) is 0.912. The third-order valence-corrected chi connectivity index (χ3v) is 4.84. The maximum Gasteiger partial charge on any atom is 0.321 e. The average molecular weight is 322 g/mol. The molecule has 2 amide bonds. The van der Waals surface area contributed by atoms with Crippen LogP contribution in [0.5, 0.6) is 0 Å². The van der Waals surface area contributed by atoms with Crippen LogP contribution in [0, 0.1) is 0 Å². The molecule has 1 heterocycles. The van der Waals surface area contributed by atoms with Crippen molar-refractivity contribution >= 4 is 23.5 Å². The highest BCUT2D eigenvalue weighted by molar-refractivity contribution is 7.99. The lowest BCUT2D eigenvalue weighted by atomic mass is 10.2. The van der Waals surface area contributed by atoms with Crippen molar-refractivity contribution in [1.29, 1.82) is 0 Å². The van der Waals surface area contributed by atoms with Crippen LogP contribution < -0.4 is 5.32 Å². The number of hydrogen-bond donors (Lipinski definition) is 1. The fourth-order valence-electron chi connectivity index (χ4n) is 2.30. The Labute approximate surface area is 137 Å². The topological polar surface area (TPSA) is 41.6 Å². The average Bonchev–Trinajstić information content (AvgIpc) is 2.70. The normalized spacial score (nSPS) is 19.1. The molecule has 0 spiro atoms. The fourth-order valence-corrected chi connectivity index (χ4v) is 3.30. The van der Waals surface area contributed by atoms with Gasteiger partial charge in [-0.1, -0.05) is 19.1 Å². The van der Waals surface area contributed by atoms with Gasteiger partial charge in [0.2, 0.25) is 0 Å². The van der Waals surface area contributed by atoms with E-state index < -0.39 is 0 Å². The second kappa shape index (κ2) is 8.44. The Morgan fingerprint density at radius 2 is 2.27 bits per heavy atom. The van der Waals surface area contributed by atoms with Gasteiger partial charge < -0.3 is 15.0 Å². The molecule has 0 radical (unpaired) electrons. The van der Waals surface area contributed by atoms with Gasteiger partial charge >= 0.3 is 6.03 Å². The summed E-state index contributed by atoms with van der Waals surface area (Å²) in [6, 6.07) is 7.87. The second-order valence-electron chi connectivity index (χ2n) is 5.95. The number of anilines is 1. The summed E-state index contributed by atoms with van der Waals surface area (Å²) in [5, 5.41) is 3.64. The first-order chi connectivity index (χ1) is 10.5. The summed E-state index contributed by atoms with van der Waals surface area (Å²) in [4.78, 5) is 14.3. The lowest BCUT2D eigenvalue weighted by Gasteiger charge is -2.21. The zero-order chi connectivity index (χ0) is 15.9. The largest absolute Gasteiger partial charge is 0.374 e. The number of nitrogens with zero attached hydrogens (tertiary/aromatic N) is 1. The Balaban J connectivity index is 1.91. The van der Waals surface area contributed by atoms with Crippen LogP contribution in [0.25, 0.3) is 0 Å². The third kappa shape index (κ3) is 5.54. The van der Waals surface area contributed by atoms with E-state index in [0.29, 0.717) is 11.9 Å². The van der Waals surface area contributed by atoms with Crippen LogP contribution >= 0.6 is 11.8 Å². The molecule has 0 saturated carbocycles. The van der Waals surface area contributed by atoms with Gasteiger partial charge in [-0.15, -0.1) is 0 Å². The lowest BCUT2D eigenvalue weighted by Crippen LogP contribution is -2.36. The van der Waals surface area contributed by atoms with E-state index in [1.165, 1.54) is 0 Å². The van der Waals surface area contributed by atoms with E-state index in [2.05, 4.69) is 12.2 Å². The van der Waals surface area contributed by atoms with Gasteiger partial charge in [0, 0.05) is 29.8 Å². The number of rotatable bonds is 4. The summed E-state index contributed by atoms with van der Waals surface area (Å²) in [6.07, 6.45) is 1.26. The van der Waals surface area contributed by atoms with Gasteiger partial charge in [-0.25, -0.2) is 4.79 Å². The summed E-state index contributed by atoms with van der Waals surface area (Å²) >= 11 is 1.94. The Morgan fingerprint density at radius 1 is 1.45 bits per heavy atom. The van der Waals surface area contributed by atoms with Gasteiger partial charge in [0.05, 0.1) is 12.7 Å². The Morgan fingerprint density at radius 3 is 3.05 bits per heavy atom. The minimum Gasteiger partial charge on any atom is -0.374 e. The molecule has 1 aromatic carbocycles. The van der Waals surface area contributed by atoms with E-state index >= 15 is 0 Å². The Kier molecular flexibility index (Phi) is 6.58. The molecule has 1 N–H and O–H groups in total. The molecule has 2 rings (SSSR count). The Hall–Kier alpha value is -1.20. The van der Waals surface area contributed by atoms with Crippen LogP contribution in [0.15, 0.2) is 24.3 Å². The molecular weight excluding hydrogens is 296 g/mol. The molecule has 5 heteroatoms. The molecule has 4 nitrogen and oxygen atoms in total. The van der Waals surface area contributed by atoms with Crippen molar-refractivity contribution in [3.05, 3.63) is 29.8 Å². The van der Waals surface area contributed by atoms with Gasteiger partial charge in [-0.05, 0) is 38.0 Å². The van der Waals surface area contributed by atoms with Crippen LogP contribution in [-0.4, -0.2) is 41.1 Å². The van der Waals surface area contributed by atoms with E-state index in [1.807, 2.05) is 54.8 Å². The van der Waals surface area contributed by atoms with Crippen LogP contribution in [-0.2, 0) is 11.3 Å². The van der Waals surface area contributed by atoms with E-state index in [0.717, 1.165) is 36.5 Å². The monoisotopic (exact) mass is 322 g/mol. The summed E-state index contributed by atoms with van der Waals surface area (Å²) in [5.41, 5.74) is 1.91. The molecule has 1 saturated heterocycles. The summed E-state index contributed by atoms with van der Waals surface area (Å²) < 4.78 is 5.61. The van der Waals surface area contributed by atoms with Crippen LogP contribution in [0.1, 0.15) is 32.8 Å². The molecule has 1 aliphatic heterocycles. The molecule has 0 aliphatic carbocycles. The first-order valence-electron chi connectivity index (χ1n) is 7.92. The van der Waals surface area contributed by atoms with Crippen LogP contribution in [0.3, 0.4) is 0 Å². The highest BCUT2D eigenvalue weighted by Crippen LogP contribution is 2.19.